The molecule has 0 heterocycles. The summed E-state index contributed by atoms with van der Waals surface area (Å²) in [5, 5.41) is 17.5. The van der Waals surface area contributed by atoms with Gasteiger partial charge in [-0.1, -0.05) is 91.0 Å². The van der Waals surface area contributed by atoms with Crippen LogP contribution in [0.2, 0.25) is 0 Å². The van der Waals surface area contributed by atoms with Crippen LogP contribution in [0.1, 0.15) is 33.7 Å². The lowest BCUT2D eigenvalue weighted by atomic mass is 9.88. The summed E-state index contributed by atoms with van der Waals surface area (Å²) in [6.07, 6.45) is 0.149. The highest BCUT2D eigenvalue weighted by molar-refractivity contribution is 5.95. The van der Waals surface area contributed by atoms with Gasteiger partial charge in [0, 0.05) is 18.5 Å². The van der Waals surface area contributed by atoms with Gasteiger partial charge in [0.2, 0.25) is 11.8 Å². The number of hydrogen-bond donors (Lipinski definition) is 4. The van der Waals surface area contributed by atoms with Gasteiger partial charge in [-0.25, -0.2) is 0 Å². The Hall–Kier alpha value is -4.91. The number of benzene rings is 4. The summed E-state index contributed by atoms with van der Waals surface area (Å²) >= 11 is 0. The first-order chi connectivity index (χ1) is 18.3. The third-order valence-corrected chi connectivity index (χ3v) is 6.46. The molecule has 0 spiro atoms. The molecule has 0 aliphatic carbocycles. The fourth-order valence-corrected chi connectivity index (χ4v) is 4.53. The second-order valence-corrected chi connectivity index (χ2v) is 9.12. The van der Waals surface area contributed by atoms with Crippen molar-refractivity contribution >= 4 is 17.6 Å². The van der Waals surface area contributed by atoms with Gasteiger partial charge < -0.3 is 21.5 Å². The van der Waals surface area contributed by atoms with Crippen LogP contribution in [0.25, 0.3) is 0 Å². The summed E-state index contributed by atoms with van der Waals surface area (Å²) in [7, 11) is 0. The fourth-order valence-electron chi connectivity index (χ4n) is 4.53. The Morgan fingerprint density at radius 3 is 1.87 bits per heavy atom. The summed E-state index contributed by atoms with van der Waals surface area (Å²) < 4.78 is 0. The van der Waals surface area contributed by atoms with E-state index in [0.717, 1.165) is 22.3 Å². The normalized spacial score (nSPS) is 11.6. The first-order valence-corrected chi connectivity index (χ1v) is 12.2. The third kappa shape index (κ3) is 6.25. The predicted molar refractivity (Wildman–Crippen MR) is 148 cm³/mol. The van der Waals surface area contributed by atoms with Crippen LogP contribution in [0, 0.1) is 5.41 Å². The number of amidine groups is 1. The molecular weight excluding hydrogens is 476 g/mol. The molecule has 6 N–H and O–H groups in total. The minimum Gasteiger partial charge on any atom is -0.508 e. The topological polar surface area (TPSA) is 134 Å². The van der Waals surface area contributed by atoms with E-state index in [0.29, 0.717) is 5.56 Å². The average Bonchev–Trinajstić information content (AvgIpc) is 2.93. The van der Waals surface area contributed by atoms with E-state index in [1.807, 2.05) is 66.7 Å². The minimum absolute atomic E-state index is 0.0901. The molecule has 2 amide bonds. The number of nitrogen functional groups attached to an aromatic ring is 1. The van der Waals surface area contributed by atoms with Gasteiger partial charge in [0.1, 0.15) is 17.6 Å². The molecule has 0 aromatic heterocycles. The molecule has 0 radical (unpaired) electrons. The summed E-state index contributed by atoms with van der Waals surface area (Å²) in [5.41, 5.74) is 15.2. The van der Waals surface area contributed by atoms with Gasteiger partial charge in [-0.15, -0.1) is 0 Å². The van der Waals surface area contributed by atoms with Crippen molar-refractivity contribution in [1.82, 2.24) is 4.90 Å². The van der Waals surface area contributed by atoms with Crippen LogP contribution in [-0.4, -0.2) is 33.7 Å². The predicted octanol–water partition coefficient (Wildman–Crippen LogP) is 3.93. The van der Waals surface area contributed by atoms with E-state index < -0.39 is 17.9 Å². The number of aromatic hydroxyl groups is 1. The zero-order chi connectivity index (χ0) is 27.1. The minimum atomic E-state index is -0.978. The number of primary amides is 1. The van der Waals surface area contributed by atoms with E-state index in [1.54, 1.807) is 42.5 Å². The molecule has 7 heteroatoms. The number of nitrogens with zero attached hydrogens (tertiary/aromatic N) is 1. The Balaban J connectivity index is 1.79. The van der Waals surface area contributed by atoms with Gasteiger partial charge in [-0.2, -0.15) is 0 Å². The smallest absolute Gasteiger partial charge is 0.240 e. The van der Waals surface area contributed by atoms with Gasteiger partial charge in [-0.3, -0.25) is 15.0 Å². The Kier molecular flexibility index (Phi) is 8.18. The van der Waals surface area contributed by atoms with Crippen LogP contribution in [0.15, 0.2) is 109 Å². The number of rotatable bonds is 10. The second kappa shape index (κ2) is 11.9. The van der Waals surface area contributed by atoms with Crippen LogP contribution >= 0.6 is 0 Å². The van der Waals surface area contributed by atoms with Gasteiger partial charge >= 0.3 is 0 Å². The van der Waals surface area contributed by atoms with Gasteiger partial charge in [0.05, 0.1) is 5.92 Å². The summed E-state index contributed by atoms with van der Waals surface area (Å²) in [6, 6.07) is 31.4. The highest BCUT2D eigenvalue weighted by atomic mass is 16.3. The van der Waals surface area contributed by atoms with Gasteiger partial charge in [0.15, 0.2) is 0 Å². The number of carbonyl (C=O) groups is 2. The molecule has 192 valence electrons. The zero-order valence-electron chi connectivity index (χ0n) is 20.8. The van der Waals surface area contributed by atoms with Gasteiger partial charge in [0.25, 0.3) is 0 Å². The van der Waals surface area contributed by atoms with E-state index in [9.17, 15) is 14.7 Å². The molecule has 0 saturated heterocycles. The molecule has 38 heavy (non-hydrogen) atoms. The Labute approximate surface area is 221 Å². The Morgan fingerprint density at radius 1 is 0.763 bits per heavy atom. The van der Waals surface area contributed by atoms with Crippen molar-refractivity contribution < 1.29 is 14.7 Å². The number of nitrogens with one attached hydrogen (secondary N) is 1. The lowest BCUT2D eigenvalue weighted by Crippen LogP contribution is -2.50. The standard InChI is InChI=1S/C31H30N4O3/c32-29(33)25-13-7-8-22(18-25)19-27(30(34)37)35(20-21-14-16-26(36)17-15-21)31(38)28(23-9-3-1-4-10-23)24-11-5-2-6-12-24/h1-18,27-28,36H,19-20H2,(H3,32,33)(H2,34,37)/t27-/m0/s1. The summed E-state index contributed by atoms with van der Waals surface area (Å²) in [5.74, 6) is -1.58. The first-order valence-electron chi connectivity index (χ1n) is 12.2. The molecular formula is C31H30N4O3. The van der Waals surface area contributed by atoms with Crippen molar-refractivity contribution in [3.8, 4) is 5.75 Å². The van der Waals surface area contributed by atoms with Crippen LogP contribution in [0.3, 0.4) is 0 Å². The molecule has 4 aromatic rings. The first kappa shape index (κ1) is 26.2. The number of hydrogen-bond acceptors (Lipinski definition) is 4. The van der Waals surface area contributed by atoms with E-state index >= 15 is 0 Å². The molecule has 0 saturated carbocycles. The lowest BCUT2D eigenvalue weighted by Gasteiger charge is -2.33. The van der Waals surface area contributed by atoms with E-state index in [2.05, 4.69) is 0 Å². The van der Waals surface area contributed by atoms with Crippen LogP contribution < -0.4 is 11.5 Å². The maximum absolute atomic E-state index is 14.4. The third-order valence-electron chi connectivity index (χ3n) is 6.46. The second-order valence-electron chi connectivity index (χ2n) is 9.12. The van der Waals surface area contributed by atoms with Gasteiger partial charge in [-0.05, 0) is 40.5 Å². The molecule has 1 atom stereocenters. The van der Waals surface area contributed by atoms with Crippen molar-refractivity contribution in [3.63, 3.8) is 0 Å². The van der Waals surface area contributed by atoms with Crippen LogP contribution in [0.4, 0.5) is 0 Å². The number of phenols is 1. The maximum atomic E-state index is 14.4. The van der Waals surface area contributed by atoms with E-state index in [4.69, 9.17) is 16.9 Å². The van der Waals surface area contributed by atoms with Crippen molar-refractivity contribution in [1.29, 1.82) is 5.41 Å². The average molecular weight is 507 g/mol. The highest BCUT2D eigenvalue weighted by Gasteiger charge is 2.34. The SMILES string of the molecule is N=C(N)c1cccc(C[C@@H](C(N)=O)N(Cc2ccc(O)cc2)C(=O)C(c2ccccc2)c2ccccc2)c1. The van der Waals surface area contributed by atoms with Crippen molar-refractivity contribution in [2.45, 2.75) is 24.9 Å². The number of nitrogens with two attached hydrogens (primary N) is 2. The molecule has 0 unspecified atom stereocenters. The monoisotopic (exact) mass is 506 g/mol. The van der Waals surface area contributed by atoms with Crippen molar-refractivity contribution in [2.75, 3.05) is 0 Å². The molecule has 0 bridgehead atoms. The molecule has 4 rings (SSSR count). The molecule has 7 nitrogen and oxygen atoms in total. The summed E-state index contributed by atoms with van der Waals surface area (Å²) in [4.78, 5) is 28.9. The lowest BCUT2D eigenvalue weighted by molar-refractivity contribution is -0.140. The van der Waals surface area contributed by atoms with E-state index in [1.165, 1.54) is 4.90 Å². The Morgan fingerprint density at radius 2 is 1.34 bits per heavy atom. The van der Waals surface area contributed by atoms with Crippen LogP contribution in [-0.2, 0) is 22.6 Å². The Bertz CT molecular complexity index is 1370. The molecule has 4 aromatic carbocycles. The quantitative estimate of drug-likeness (QED) is 0.191. The highest BCUT2D eigenvalue weighted by Crippen LogP contribution is 2.29. The number of phenolic OH excluding ortho intramolecular Hbond substituents is 1. The maximum Gasteiger partial charge on any atom is 0.240 e. The number of carbonyl (C=O) groups excluding carboxylic acids is 2. The van der Waals surface area contributed by atoms with Crippen LogP contribution in [0.5, 0.6) is 5.75 Å². The number of amides is 2. The fraction of sp³-hybridized carbons (Fsp3) is 0.129. The van der Waals surface area contributed by atoms with E-state index in [-0.39, 0.29) is 30.5 Å². The largest absolute Gasteiger partial charge is 0.508 e. The van der Waals surface area contributed by atoms with Crippen molar-refractivity contribution in [2.24, 2.45) is 11.5 Å². The molecule has 0 aliphatic heterocycles. The van der Waals surface area contributed by atoms with Crippen molar-refractivity contribution in [3.05, 3.63) is 137 Å². The summed E-state index contributed by atoms with van der Waals surface area (Å²) in [6.45, 7) is 0.106. The molecule has 0 fully saturated rings. The molecule has 0 aliphatic rings. The zero-order valence-corrected chi connectivity index (χ0v) is 20.8.